The minimum atomic E-state index is -1.85. The molecule has 2 aromatic heterocycles. The van der Waals surface area contributed by atoms with Gasteiger partial charge in [0.05, 0.1) is 36.2 Å². The molecule has 0 saturated heterocycles. The van der Waals surface area contributed by atoms with Gasteiger partial charge in [0.15, 0.2) is 23.3 Å². The molecule has 2 heterocycles. The summed E-state index contributed by atoms with van der Waals surface area (Å²) in [5.74, 6) is 0.552. The Labute approximate surface area is 323 Å². The smallest absolute Gasteiger partial charge is 0.251 e. The number of aliphatic hydroxyl groups excluding tert-OH is 1. The lowest BCUT2D eigenvalue weighted by atomic mass is 9.89. The van der Waals surface area contributed by atoms with Gasteiger partial charge < -0.3 is 53.0 Å². The number of nitrogens with zero attached hydrogens (tertiary/aromatic N) is 5. The molecule has 11 N–H and O–H groups in total. The third-order valence-electron chi connectivity index (χ3n) is 9.09. The molecule has 0 aliphatic carbocycles. The van der Waals surface area contributed by atoms with Crippen molar-refractivity contribution in [1.29, 1.82) is 0 Å². The highest BCUT2D eigenvalue weighted by molar-refractivity contribution is 7.98. The second kappa shape index (κ2) is 21.3. The summed E-state index contributed by atoms with van der Waals surface area (Å²) in [5.41, 5.74) is 19.6. The maximum Gasteiger partial charge on any atom is 0.251 e. The number of ether oxygens (including phenoxy) is 1. The standard InChI is InChI=1S/C37H61N11O5S/c1-36(2,17-19-53-37(3,4)16-8-18-41-28(38)9-7-20-54-6)23-43-29(49)15-14-27(34(51)52)45-33(50)24-10-12-26(13-11-24)48(5)22-25-21-42-32-30(44-25)31(39)46-35(40)47-32/h10-13,21,27-28,34,41,51-52H,7-9,14-20,22-23,38H2,1-6H3,(H,43,49)(H,45,50)(H4,39,40,42,46,47). The Balaban J connectivity index is 1.39. The predicted molar refractivity (Wildman–Crippen MR) is 215 cm³/mol. The van der Waals surface area contributed by atoms with Gasteiger partial charge in [-0.25, -0.2) is 9.97 Å². The van der Waals surface area contributed by atoms with Crippen LogP contribution in [0.25, 0.3) is 11.2 Å². The van der Waals surface area contributed by atoms with E-state index in [9.17, 15) is 19.8 Å². The van der Waals surface area contributed by atoms with Crippen LogP contribution in [-0.2, 0) is 16.1 Å². The Morgan fingerprint density at radius 2 is 1.74 bits per heavy atom. The van der Waals surface area contributed by atoms with Crippen LogP contribution < -0.4 is 38.1 Å². The fraction of sp³-hybridized carbons (Fsp3) is 0.622. The minimum absolute atomic E-state index is 0.00396. The monoisotopic (exact) mass is 771 g/mol. The molecule has 300 valence electrons. The van der Waals surface area contributed by atoms with Crippen molar-refractivity contribution in [2.75, 3.05) is 55.1 Å². The number of carbonyl (C=O) groups is 2. The first-order valence-corrected chi connectivity index (χ1v) is 19.8. The minimum Gasteiger partial charge on any atom is -0.382 e. The van der Waals surface area contributed by atoms with Crippen molar-refractivity contribution >= 4 is 52.2 Å². The normalized spacial score (nSPS) is 13.2. The Bertz CT molecular complexity index is 1630. The molecule has 17 heteroatoms. The number of hydrogen-bond donors (Lipinski definition) is 8. The van der Waals surface area contributed by atoms with Gasteiger partial charge in [0, 0.05) is 37.9 Å². The molecule has 0 fully saturated rings. The van der Waals surface area contributed by atoms with E-state index >= 15 is 0 Å². The average molecular weight is 772 g/mol. The summed E-state index contributed by atoms with van der Waals surface area (Å²) in [5, 5.41) is 28.9. The van der Waals surface area contributed by atoms with Crippen LogP contribution in [0.1, 0.15) is 88.7 Å². The fourth-order valence-electron chi connectivity index (χ4n) is 5.64. The molecule has 0 saturated carbocycles. The largest absolute Gasteiger partial charge is 0.382 e. The maximum atomic E-state index is 13.0. The van der Waals surface area contributed by atoms with Gasteiger partial charge in [0.1, 0.15) is 0 Å². The number of nitrogens with one attached hydrogen (secondary N) is 3. The van der Waals surface area contributed by atoms with Gasteiger partial charge >= 0.3 is 0 Å². The Hall–Kier alpha value is -3.87. The number of carbonyl (C=O) groups excluding carboxylic acids is 2. The van der Waals surface area contributed by atoms with Crippen LogP contribution >= 0.6 is 11.8 Å². The summed E-state index contributed by atoms with van der Waals surface area (Å²) < 4.78 is 6.21. The predicted octanol–water partition coefficient (Wildman–Crippen LogP) is 2.54. The maximum absolute atomic E-state index is 13.0. The molecule has 0 aliphatic rings. The van der Waals surface area contributed by atoms with Crippen molar-refractivity contribution in [2.45, 2.75) is 103 Å². The van der Waals surface area contributed by atoms with Gasteiger partial charge in [-0.15, -0.1) is 0 Å². The van der Waals surface area contributed by atoms with Gasteiger partial charge in [0.2, 0.25) is 11.9 Å². The number of rotatable bonds is 24. The van der Waals surface area contributed by atoms with E-state index in [1.165, 1.54) is 0 Å². The lowest BCUT2D eigenvalue weighted by Crippen LogP contribution is -2.44. The molecule has 0 radical (unpaired) electrons. The van der Waals surface area contributed by atoms with Gasteiger partial charge in [-0.1, -0.05) is 13.8 Å². The van der Waals surface area contributed by atoms with Crippen LogP contribution in [0.15, 0.2) is 30.5 Å². The lowest BCUT2D eigenvalue weighted by molar-refractivity contribution is -0.122. The summed E-state index contributed by atoms with van der Waals surface area (Å²) >= 11 is 1.84. The van der Waals surface area contributed by atoms with E-state index in [1.807, 2.05) is 23.7 Å². The SMILES string of the molecule is CSCCCC(N)NCCCC(C)(C)OCCC(C)(C)CNC(=O)CCC(NC(=O)c1ccc(N(C)Cc2cnc3nc(N)nc(N)c3n2)cc1)C(O)O. The number of nitrogens with two attached hydrogens (primary N) is 3. The lowest BCUT2D eigenvalue weighted by Gasteiger charge is -2.30. The quantitative estimate of drug-likeness (QED) is 0.0481. The van der Waals surface area contributed by atoms with Crippen LogP contribution in [0.5, 0.6) is 0 Å². The highest BCUT2D eigenvalue weighted by Gasteiger charge is 2.25. The first kappa shape index (κ1) is 44.5. The van der Waals surface area contributed by atoms with E-state index in [1.54, 1.807) is 30.5 Å². The number of benzene rings is 1. The highest BCUT2D eigenvalue weighted by atomic mass is 32.2. The van der Waals surface area contributed by atoms with Crippen LogP contribution in [0.3, 0.4) is 0 Å². The third-order valence-corrected chi connectivity index (χ3v) is 9.79. The zero-order valence-corrected chi connectivity index (χ0v) is 33.4. The van der Waals surface area contributed by atoms with Crippen LogP contribution in [0.4, 0.5) is 17.5 Å². The van der Waals surface area contributed by atoms with E-state index in [4.69, 9.17) is 21.9 Å². The molecular weight excluding hydrogens is 711 g/mol. The zero-order valence-electron chi connectivity index (χ0n) is 32.6. The molecule has 3 aromatic rings. The number of anilines is 3. The van der Waals surface area contributed by atoms with E-state index < -0.39 is 18.2 Å². The molecule has 0 bridgehead atoms. The number of thioether (sulfide) groups is 1. The number of nitrogen functional groups attached to an aromatic ring is 2. The second-order valence-electron chi connectivity index (χ2n) is 15.0. The molecule has 1 aromatic carbocycles. The molecule has 54 heavy (non-hydrogen) atoms. The molecule has 2 unspecified atom stereocenters. The van der Waals surface area contributed by atoms with Crippen molar-refractivity contribution in [3.63, 3.8) is 0 Å². The van der Waals surface area contributed by atoms with Crippen LogP contribution in [0, 0.1) is 5.41 Å². The van der Waals surface area contributed by atoms with Crippen molar-refractivity contribution in [3.8, 4) is 0 Å². The zero-order chi connectivity index (χ0) is 39.9. The molecule has 2 amide bonds. The van der Waals surface area contributed by atoms with Crippen molar-refractivity contribution in [1.82, 2.24) is 35.9 Å². The second-order valence-corrected chi connectivity index (χ2v) is 16.0. The third kappa shape index (κ3) is 15.5. The summed E-state index contributed by atoms with van der Waals surface area (Å²) in [7, 11) is 1.86. The molecule has 2 atom stereocenters. The Morgan fingerprint density at radius 1 is 1.02 bits per heavy atom. The van der Waals surface area contributed by atoms with E-state index in [-0.39, 0.29) is 47.7 Å². The van der Waals surface area contributed by atoms with Crippen molar-refractivity contribution < 1.29 is 24.5 Å². The molecule has 16 nitrogen and oxygen atoms in total. The van der Waals surface area contributed by atoms with E-state index in [0.717, 1.165) is 50.1 Å². The van der Waals surface area contributed by atoms with Crippen molar-refractivity contribution in [3.05, 3.63) is 41.7 Å². The van der Waals surface area contributed by atoms with E-state index in [2.05, 4.69) is 69.8 Å². The van der Waals surface area contributed by atoms with Crippen LogP contribution in [-0.4, -0.2) is 105 Å². The highest BCUT2D eigenvalue weighted by Crippen LogP contribution is 2.24. The number of hydrogen-bond acceptors (Lipinski definition) is 15. The fourth-order valence-corrected chi connectivity index (χ4v) is 6.09. The number of fused-ring (bicyclic) bond motifs is 1. The molecule has 0 aliphatic heterocycles. The number of amides is 2. The topological polar surface area (TPSA) is 253 Å². The first-order chi connectivity index (χ1) is 25.5. The summed E-state index contributed by atoms with van der Waals surface area (Å²) in [4.78, 5) is 44.4. The van der Waals surface area contributed by atoms with Gasteiger partial charge in [0.25, 0.3) is 5.91 Å². The summed E-state index contributed by atoms with van der Waals surface area (Å²) in [6.07, 6.45) is 6.61. The molecule has 3 rings (SSSR count). The van der Waals surface area contributed by atoms with Gasteiger partial charge in [-0.05, 0) is 101 Å². The van der Waals surface area contributed by atoms with Gasteiger partial charge in [-0.2, -0.15) is 21.7 Å². The first-order valence-electron chi connectivity index (χ1n) is 18.4. The number of aliphatic hydroxyl groups is 2. The Kier molecular flexibility index (Phi) is 17.5. The van der Waals surface area contributed by atoms with Crippen LogP contribution in [0.2, 0.25) is 0 Å². The molecule has 0 spiro atoms. The average Bonchev–Trinajstić information content (AvgIpc) is 3.11. The van der Waals surface area contributed by atoms with E-state index in [0.29, 0.717) is 42.1 Å². The summed E-state index contributed by atoms with van der Waals surface area (Å²) in [6, 6.07) is 5.74. The Morgan fingerprint density at radius 3 is 2.43 bits per heavy atom. The van der Waals surface area contributed by atoms with Crippen molar-refractivity contribution in [2.24, 2.45) is 11.1 Å². The molecular formula is C37H61N11O5S. The van der Waals surface area contributed by atoms with Gasteiger partial charge in [-0.3, -0.25) is 9.59 Å². The summed E-state index contributed by atoms with van der Waals surface area (Å²) in [6.45, 7) is 10.5. The number of aromatic nitrogens is 4.